The Kier molecular flexibility index (Phi) is 10.3. The molecule has 1 aromatic heterocycles. The van der Waals surface area contributed by atoms with Crippen LogP contribution < -0.4 is 0 Å². The number of hydrogen-bond donors (Lipinski definition) is 0. The normalized spacial score (nSPS) is 18.5. The fourth-order valence-corrected chi connectivity index (χ4v) is 3.78. The Labute approximate surface area is 167 Å². The summed E-state index contributed by atoms with van der Waals surface area (Å²) in [7, 11) is 0. The second kappa shape index (κ2) is 12.5. The molecule has 0 aromatic carbocycles. The van der Waals surface area contributed by atoms with E-state index in [2.05, 4.69) is 55.0 Å². The lowest BCUT2D eigenvalue weighted by atomic mass is 9.91. The number of rotatable bonds is 12. The smallest absolute Gasteiger partial charge is 0.131 e. The van der Waals surface area contributed by atoms with E-state index >= 15 is 0 Å². The van der Waals surface area contributed by atoms with Crippen LogP contribution in [0.3, 0.4) is 0 Å². The first-order chi connectivity index (χ1) is 13.1. The van der Waals surface area contributed by atoms with Crippen molar-refractivity contribution < 1.29 is 4.74 Å². The fourth-order valence-electron chi connectivity index (χ4n) is 3.78. The largest absolute Gasteiger partial charge is 0.379 e. The molecule has 2 atom stereocenters. The molecule has 154 valence electrons. The van der Waals surface area contributed by atoms with E-state index in [1.807, 2.05) is 0 Å². The van der Waals surface area contributed by atoms with Gasteiger partial charge in [-0.3, -0.25) is 0 Å². The van der Waals surface area contributed by atoms with Crippen LogP contribution in [0.2, 0.25) is 0 Å². The van der Waals surface area contributed by atoms with E-state index in [4.69, 9.17) is 4.74 Å². The number of ether oxygens (including phenoxy) is 1. The van der Waals surface area contributed by atoms with Crippen LogP contribution in [0.4, 0.5) is 0 Å². The van der Waals surface area contributed by atoms with E-state index < -0.39 is 0 Å². The minimum Gasteiger partial charge on any atom is -0.379 e. The topological polar surface area (TPSA) is 38.2 Å². The van der Waals surface area contributed by atoms with Crippen LogP contribution in [0.25, 0.3) is 0 Å². The number of hydrogen-bond acceptors (Lipinski definition) is 4. The number of piperidine rings is 1. The predicted octanol–water partition coefficient (Wildman–Crippen LogP) is 5.55. The van der Waals surface area contributed by atoms with Gasteiger partial charge in [-0.2, -0.15) is 0 Å². The van der Waals surface area contributed by atoms with Crippen LogP contribution in [-0.4, -0.2) is 47.2 Å². The molecular weight excluding hydrogens is 334 g/mol. The first-order valence-corrected chi connectivity index (χ1v) is 11.3. The average molecular weight is 376 g/mol. The first kappa shape index (κ1) is 22.3. The van der Waals surface area contributed by atoms with Gasteiger partial charge in [0.2, 0.25) is 0 Å². The third-order valence-electron chi connectivity index (χ3n) is 6.04. The average Bonchev–Trinajstić information content (AvgIpc) is 2.72. The molecule has 2 heterocycles. The van der Waals surface area contributed by atoms with Gasteiger partial charge in [0.15, 0.2) is 0 Å². The highest BCUT2D eigenvalue weighted by Crippen LogP contribution is 2.27. The molecular formula is C23H41N3O. The highest BCUT2D eigenvalue weighted by Gasteiger charge is 2.21. The van der Waals surface area contributed by atoms with Crippen molar-refractivity contribution in [2.24, 2.45) is 0 Å². The molecule has 2 rings (SSSR count). The van der Waals surface area contributed by atoms with Crippen molar-refractivity contribution in [3.8, 4) is 0 Å². The van der Waals surface area contributed by atoms with Gasteiger partial charge in [-0.1, -0.05) is 33.6 Å². The summed E-state index contributed by atoms with van der Waals surface area (Å²) in [6.07, 6.45) is 14.3. The van der Waals surface area contributed by atoms with E-state index in [1.165, 1.54) is 70.1 Å². The summed E-state index contributed by atoms with van der Waals surface area (Å²) < 4.78 is 5.91. The van der Waals surface area contributed by atoms with Gasteiger partial charge in [-0.05, 0) is 76.6 Å². The van der Waals surface area contributed by atoms with Gasteiger partial charge in [-0.15, -0.1) is 0 Å². The molecule has 0 bridgehead atoms. The van der Waals surface area contributed by atoms with Crippen molar-refractivity contribution in [3.63, 3.8) is 0 Å². The Hall–Kier alpha value is -1.00. The SMILES string of the molecule is CCCCC(C)OCCCCN1CCC(c2cnc(C(C)CC)nc2)CC1. The Morgan fingerprint density at radius 1 is 1.07 bits per heavy atom. The van der Waals surface area contributed by atoms with Crippen LogP contribution in [0, 0.1) is 0 Å². The Balaban J connectivity index is 1.60. The Morgan fingerprint density at radius 2 is 1.78 bits per heavy atom. The van der Waals surface area contributed by atoms with Gasteiger partial charge in [-0.25, -0.2) is 9.97 Å². The summed E-state index contributed by atoms with van der Waals surface area (Å²) in [5.74, 6) is 2.08. The van der Waals surface area contributed by atoms with Gasteiger partial charge >= 0.3 is 0 Å². The molecule has 1 fully saturated rings. The van der Waals surface area contributed by atoms with E-state index in [9.17, 15) is 0 Å². The predicted molar refractivity (Wildman–Crippen MR) is 113 cm³/mol. The zero-order valence-corrected chi connectivity index (χ0v) is 18.1. The lowest BCUT2D eigenvalue weighted by molar-refractivity contribution is 0.0545. The summed E-state index contributed by atoms with van der Waals surface area (Å²) in [5, 5.41) is 0. The number of aromatic nitrogens is 2. The van der Waals surface area contributed by atoms with Crippen LogP contribution in [0.15, 0.2) is 12.4 Å². The Morgan fingerprint density at radius 3 is 2.41 bits per heavy atom. The summed E-state index contributed by atoms with van der Waals surface area (Å²) >= 11 is 0. The molecule has 1 aliphatic heterocycles. The Bertz CT molecular complexity index is 497. The van der Waals surface area contributed by atoms with Crippen LogP contribution >= 0.6 is 0 Å². The maximum absolute atomic E-state index is 5.91. The quantitative estimate of drug-likeness (QED) is 0.449. The van der Waals surface area contributed by atoms with Gasteiger partial charge < -0.3 is 9.64 Å². The van der Waals surface area contributed by atoms with Gasteiger partial charge in [0.1, 0.15) is 5.82 Å². The molecule has 0 saturated carbocycles. The molecule has 0 amide bonds. The zero-order valence-electron chi connectivity index (χ0n) is 18.1. The van der Waals surface area contributed by atoms with Crippen molar-refractivity contribution in [1.29, 1.82) is 0 Å². The molecule has 1 aliphatic rings. The fraction of sp³-hybridized carbons (Fsp3) is 0.826. The van der Waals surface area contributed by atoms with Crippen molar-refractivity contribution in [2.45, 2.75) is 97.0 Å². The van der Waals surface area contributed by atoms with E-state index in [0.29, 0.717) is 17.9 Å². The lowest BCUT2D eigenvalue weighted by Crippen LogP contribution is -2.33. The van der Waals surface area contributed by atoms with E-state index in [-0.39, 0.29) is 0 Å². The van der Waals surface area contributed by atoms with Crippen molar-refractivity contribution in [1.82, 2.24) is 14.9 Å². The summed E-state index contributed by atoms with van der Waals surface area (Å²) in [6.45, 7) is 13.4. The highest BCUT2D eigenvalue weighted by atomic mass is 16.5. The standard InChI is InChI=1S/C23H41N3O/c1-5-7-10-20(4)27-16-9-8-13-26-14-11-21(12-15-26)22-17-24-23(25-18-22)19(3)6-2/h17-21H,5-16H2,1-4H3. The molecule has 4 nitrogen and oxygen atoms in total. The summed E-state index contributed by atoms with van der Waals surface area (Å²) in [5.41, 5.74) is 1.33. The number of nitrogens with zero attached hydrogens (tertiary/aromatic N) is 3. The first-order valence-electron chi connectivity index (χ1n) is 11.3. The zero-order chi connectivity index (χ0) is 19.5. The van der Waals surface area contributed by atoms with Crippen molar-refractivity contribution >= 4 is 0 Å². The van der Waals surface area contributed by atoms with Gasteiger partial charge in [0, 0.05) is 24.9 Å². The molecule has 27 heavy (non-hydrogen) atoms. The second-order valence-electron chi connectivity index (χ2n) is 8.33. The second-order valence-corrected chi connectivity index (χ2v) is 8.33. The lowest BCUT2D eigenvalue weighted by Gasteiger charge is -2.32. The highest BCUT2D eigenvalue weighted by molar-refractivity contribution is 5.13. The molecule has 2 unspecified atom stereocenters. The summed E-state index contributed by atoms with van der Waals surface area (Å²) in [6, 6.07) is 0. The molecule has 0 radical (unpaired) electrons. The molecule has 0 N–H and O–H groups in total. The molecule has 4 heteroatoms. The minimum absolute atomic E-state index is 0.426. The maximum atomic E-state index is 5.91. The molecule has 1 saturated heterocycles. The van der Waals surface area contributed by atoms with E-state index in [0.717, 1.165) is 18.9 Å². The molecule has 0 spiro atoms. The van der Waals surface area contributed by atoms with Gasteiger partial charge in [0.05, 0.1) is 6.10 Å². The summed E-state index contributed by atoms with van der Waals surface area (Å²) in [4.78, 5) is 11.8. The number of unbranched alkanes of at least 4 members (excludes halogenated alkanes) is 2. The number of likely N-dealkylation sites (tertiary alicyclic amines) is 1. The van der Waals surface area contributed by atoms with Gasteiger partial charge in [0.25, 0.3) is 0 Å². The van der Waals surface area contributed by atoms with Crippen LogP contribution in [0.1, 0.15) is 102 Å². The maximum Gasteiger partial charge on any atom is 0.131 e. The third-order valence-corrected chi connectivity index (χ3v) is 6.04. The van der Waals surface area contributed by atoms with Crippen LogP contribution in [0.5, 0.6) is 0 Å². The molecule has 0 aliphatic carbocycles. The van der Waals surface area contributed by atoms with Crippen molar-refractivity contribution in [3.05, 3.63) is 23.8 Å². The van der Waals surface area contributed by atoms with Crippen molar-refractivity contribution in [2.75, 3.05) is 26.2 Å². The minimum atomic E-state index is 0.426. The van der Waals surface area contributed by atoms with E-state index in [1.54, 1.807) is 0 Å². The third kappa shape index (κ3) is 7.87. The van der Waals surface area contributed by atoms with Crippen LogP contribution in [-0.2, 0) is 4.74 Å². The molecule has 1 aromatic rings. The monoisotopic (exact) mass is 375 g/mol.